The molecule has 7 heteroatoms. The standard InChI is InChI=1S/C20H17ClN4O2/c1-2-11-25(20(26)15-9-7-14(12-22)8-10-15)13-18-23-24-19(27-18)16-5-3-4-6-17(16)21/h3-10H,2,11,13H2,1H3. The molecule has 3 rings (SSSR count). The Balaban J connectivity index is 1.79. The highest BCUT2D eigenvalue weighted by atomic mass is 35.5. The van der Waals surface area contributed by atoms with Gasteiger partial charge in [0.05, 0.1) is 28.8 Å². The molecule has 2 aromatic carbocycles. The Hall–Kier alpha value is -3.17. The van der Waals surface area contributed by atoms with E-state index >= 15 is 0 Å². The predicted octanol–water partition coefficient (Wildman–Crippen LogP) is 4.31. The summed E-state index contributed by atoms with van der Waals surface area (Å²) in [7, 11) is 0. The van der Waals surface area contributed by atoms with Gasteiger partial charge in [-0.25, -0.2) is 0 Å². The maximum absolute atomic E-state index is 12.8. The number of rotatable bonds is 6. The molecule has 0 aliphatic rings. The molecule has 0 bridgehead atoms. The minimum Gasteiger partial charge on any atom is -0.419 e. The molecule has 0 unspecified atom stereocenters. The third-order valence-electron chi connectivity index (χ3n) is 3.94. The van der Waals surface area contributed by atoms with Crippen molar-refractivity contribution in [1.82, 2.24) is 15.1 Å². The predicted molar refractivity (Wildman–Crippen MR) is 101 cm³/mol. The first-order chi connectivity index (χ1) is 13.1. The van der Waals surface area contributed by atoms with Crippen LogP contribution in [0.15, 0.2) is 52.9 Å². The van der Waals surface area contributed by atoms with Gasteiger partial charge in [0.2, 0.25) is 11.8 Å². The molecule has 0 saturated carbocycles. The second-order valence-corrected chi connectivity index (χ2v) is 6.30. The molecular weight excluding hydrogens is 364 g/mol. The smallest absolute Gasteiger partial charge is 0.254 e. The van der Waals surface area contributed by atoms with Gasteiger partial charge in [-0.1, -0.05) is 30.7 Å². The van der Waals surface area contributed by atoms with Crippen LogP contribution in [0.1, 0.15) is 35.2 Å². The summed E-state index contributed by atoms with van der Waals surface area (Å²) >= 11 is 6.16. The second kappa shape index (κ2) is 8.47. The molecule has 136 valence electrons. The highest BCUT2D eigenvalue weighted by Gasteiger charge is 2.19. The number of carbonyl (C=O) groups excluding carboxylic acids is 1. The molecule has 0 N–H and O–H groups in total. The maximum atomic E-state index is 12.8. The van der Waals surface area contributed by atoms with Gasteiger partial charge in [-0.15, -0.1) is 10.2 Å². The van der Waals surface area contributed by atoms with Crippen molar-refractivity contribution < 1.29 is 9.21 Å². The van der Waals surface area contributed by atoms with Crippen molar-refractivity contribution in [3.63, 3.8) is 0 Å². The first-order valence-corrected chi connectivity index (χ1v) is 8.87. The van der Waals surface area contributed by atoms with Crippen molar-refractivity contribution in [2.45, 2.75) is 19.9 Å². The number of benzene rings is 2. The summed E-state index contributed by atoms with van der Waals surface area (Å²) in [5, 5.41) is 17.5. The van der Waals surface area contributed by atoms with Crippen molar-refractivity contribution in [2.75, 3.05) is 6.54 Å². The summed E-state index contributed by atoms with van der Waals surface area (Å²) in [4.78, 5) is 14.4. The Morgan fingerprint density at radius 1 is 1.19 bits per heavy atom. The number of aromatic nitrogens is 2. The normalized spacial score (nSPS) is 10.4. The lowest BCUT2D eigenvalue weighted by atomic mass is 10.1. The van der Waals surface area contributed by atoms with Crippen LogP contribution < -0.4 is 0 Å². The van der Waals surface area contributed by atoms with E-state index in [9.17, 15) is 4.79 Å². The lowest BCUT2D eigenvalue weighted by Crippen LogP contribution is -2.31. The van der Waals surface area contributed by atoms with Crippen LogP contribution in [0.4, 0.5) is 0 Å². The third kappa shape index (κ3) is 4.33. The summed E-state index contributed by atoms with van der Waals surface area (Å²) in [6.07, 6.45) is 0.785. The van der Waals surface area contributed by atoms with Gasteiger partial charge in [-0.05, 0) is 42.8 Å². The summed E-state index contributed by atoms with van der Waals surface area (Å²) in [6, 6.07) is 15.8. The van der Waals surface area contributed by atoms with Crippen LogP contribution in [0.25, 0.3) is 11.5 Å². The molecule has 0 aliphatic heterocycles. The number of hydrogen-bond donors (Lipinski definition) is 0. The molecule has 1 amide bonds. The molecule has 0 spiro atoms. The number of nitriles is 1. The van der Waals surface area contributed by atoms with Gasteiger partial charge in [-0.3, -0.25) is 4.79 Å². The zero-order chi connectivity index (χ0) is 19.2. The Morgan fingerprint density at radius 3 is 2.59 bits per heavy atom. The van der Waals surface area contributed by atoms with E-state index in [1.807, 2.05) is 25.1 Å². The van der Waals surface area contributed by atoms with Crippen LogP contribution in [-0.4, -0.2) is 27.5 Å². The average Bonchev–Trinajstić information content (AvgIpc) is 3.16. The molecule has 0 aliphatic carbocycles. The molecule has 6 nitrogen and oxygen atoms in total. The number of nitrogens with zero attached hydrogens (tertiary/aromatic N) is 4. The van der Waals surface area contributed by atoms with Crippen LogP contribution in [-0.2, 0) is 6.54 Å². The average molecular weight is 381 g/mol. The summed E-state index contributed by atoms with van der Waals surface area (Å²) in [5.41, 5.74) is 1.67. The summed E-state index contributed by atoms with van der Waals surface area (Å²) in [5.74, 6) is 0.497. The fraction of sp³-hybridized carbons (Fsp3) is 0.200. The van der Waals surface area contributed by atoms with Gasteiger partial charge < -0.3 is 9.32 Å². The highest BCUT2D eigenvalue weighted by Crippen LogP contribution is 2.26. The molecule has 0 fully saturated rings. The Kier molecular flexibility index (Phi) is 5.84. The fourth-order valence-electron chi connectivity index (χ4n) is 2.62. The quantitative estimate of drug-likeness (QED) is 0.636. The topological polar surface area (TPSA) is 83.0 Å². The largest absolute Gasteiger partial charge is 0.419 e. The summed E-state index contributed by atoms with van der Waals surface area (Å²) in [6.45, 7) is 2.73. The maximum Gasteiger partial charge on any atom is 0.254 e. The summed E-state index contributed by atoms with van der Waals surface area (Å²) < 4.78 is 5.71. The van der Waals surface area contributed by atoms with E-state index in [1.165, 1.54) is 0 Å². The van der Waals surface area contributed by atoms with E-state index in [4.69, 9.17) is 21.3 Å². The van der Waals surface area contributed by atoms with Gasteiger partial charge in [0.15, 0.2) is 0 Å². The van der Waals surface area contributed by atoms with Gasteiger partial charge in [-0.2, -0.15) is 5.26 Å². The van der Waals surface area contributed by atoms with Crippen LogP contribution in [0.5, 0.6) is 0 Å². The van der Waals surface area contributed by atoms with E-state index < -0.39 is 0 Å². The Morgan fingerprint density at radius 2 is 1.93 bits per heavy atom. The number of carbonyl (C=O) groups is 1. The SMILES string of the molecule is CCCN(Cc1nnc(-c2ccccc2Cl)o1)C(=O)c1ccc(C#N)cc1. The van der Waals surface area contributed by atoms with Gasteiger partial charge in [0, 0.05) is 12.1 Å². The lowest BCUT2D eigenvalue weighted by Gasteiger charge is -2.20. The van der Waals surface area contributed by atoms with Crippen molar-refractivity contribution in [3.8, 4) is 17.5 Å². The van der Waals surface area contributed by atoms with Gasteiger partial charge in [0.25, 0.3) is 5.91 Å². The number of halogens is 1. The molecule has 0 radical (unpaired) electrons. The van der Waals surface area contributed by atoms with Crippen LogP contribution in [0.2, 0.25) is 5.02 Å². The zero-order valence-corrected chi connectivity index (χ0v) is 15.5. The first kappa shape index (κ1) is 18.6. The number of amides is 1. The van der Waals surface area contributed by atoms with E-state index in [2.05, 4.69) is 10.2 Å². The minimum atomic E-state index is -0.154. The molecular formula is C20H17ClN4O2. The minimum absolute atomic E-state index is 0.154. The molecule has 3 aromatic rings. The fourth-order valence-corrected chi connectivity index (χ4v) is 2.83. The lowest BCUT2D eigenvalue weighted by molar-refractivity contribution is 0.0728. The van der Waals surface area contributed by atoms with E-state index in [-0.39, 0.29) is 12.5 Å². The molecule has 0 atom stereocenters. The van der Waals surface area contributed by atoms with Crippen molar-refractivity contribution in [3.05, 3.63) is 70.6 Å². The van der Waals surface area contributed by atoms with E-state index in [0.29, 0.717) is 40.0 Å². The molecule has 1 aromatic heterocycles. The van der Waals surface area contributed by atoms with E-state index in [1.54, 1.807) is 41.3 Å². The first-order valence-electron chi connectivity index (χ1n) is 8.49. The van der Waals surface area contributed by atoms with Crippen molar-refractivity contribution in [1.29, 1.82) is 5.26 Å². The van der Waals surface area contributed by atoms with Crippen molar-refractivity contribution >= 4 is 17.5 Å². The monoisotopic (exact) mass is 380 g/mol. The number of hydrogen-bond acceptors (Lipinski definition) is 5. The molecule has 27 heavy (non-hydrogen) atoms. The highest BCUT2D eigenvalue weighted by molar-refractivity contribution is 6.33. The molecule has 1 heterocycles. The zero-order valence-electron chi connectivity index (χ0n) is 14.7. The third-order valence-corrected chi connectivity index (χ3v) is 4.27. The van der Waals surface area contributed by atoms with Crippen molar-refractivity contribution in [2.24, 2.45) is 0 Å². The van der Waals surface area contributed by atoms with Crippen LogP contribution >= 0.6 is 11.6 Å². The Labute approximate surface area is 162 Å². The van der Waals surface area contributed by atoms with Crippen LogP contribution in [0, 0.1) is 11.3 Å². The molecule has 0 saturated heterocycles. The van der Waals surface area contributed by atoms with E-state index in [0.717, 1.165) is 6.42 Å². The Bertz CT molecular complexity index is 976. The van der Waals surface area contributed by atoms with Gasteiger partial charge in [0.1, 0.15) is 0 Å². The van der Waals surface area contributed by atoms with Crippen LogP contribution in [0.3, 0.4) is 0 Å². The second-order valence-electron chi connectivity index (χ2n) is 5.90. The van der Waals surface area contributed by atoms with Gasteiger partial charge >= 0.3 is 0 Å².